The van der Waals surface area contributed by atoms with Crippen LogP contribution in [0.4, 0.5) is 5.82 Å². The van der Waals surface area contributed by atoms with Crippen LogP contribution >= 0.6 is 15.9 Å². The van der Waals surface area contributed by atoms with Gasteiger partial charge in [0.1, 0.15) is 6.33 Å². The summed E-state index contributed by atoms with van der Waals surface area (Å²) in [5, 5.41) is 8.24. The van der Waals surface area contributed by atoms with Gasteiger partial charge in [0.05, 0.1) is 0 Å². The van der Waals surface area contributed by atoms with E-state index in [4.69, 9.17) is 0 Å². The van der Waals surface area contributed by atoms with Gasteiger partial charge in [-0.15, -0.1) is 10.2 Å². The number of aromatic nitrogens is 4. The smallest absolute Gasteiger partial charge is 0.203 e. The van der Waals surface area contributed by atoms with Crippen LogP contribution in [0.1, 0.15) is 12.0 Å². The molecule has 122 valence electrons. The van der Waals surface area contributed by atoms with Gasteiger partial charge in [-0.3, -0.25) is 9.30 Å². The number of rotatable bonds is 3. The van der Waals surface area contributed by atoms with Crippen molar-refractivity contribution in [3.63, 3.8) is 0 Å². The highest BCUT2D eigenvalue weighted by Gasteiger charge is 2.44. The van der Waals surface area contributed by atoms with Crippen LogP contribution < -0.4 is 4.90 Å². The van der Waals surface area contributed by atoms with Gasteiger partial charge in [-0.25, -0.2) is 4.98 Å². The van der Waals surface area contributed by atoms with Crippen LogP contribution in [-0.2, 0) is 6.54 Å². The minimum atomic E-state index is 0.512. The molecule has 2 bridgehead atoms. The summed E-state index contributed by atoms with van der Waals surface area (Å²) < 4.78 is 3.08. The lowest BCUT2D eigenvalue weighted by atomic mass is 10.2. The van der Waals surface area contributed by atoms with Crippen LogP contribution in [0.2, 0.25) is 0 Å². The van der Waals surface area contributed by atoms with E-state index in [9.17, 15) is 0 Å². The third-order valence-corrected chi connectivity index (χ3v) is 5.59. The Labute approximate surface area is 148 Å². The van der Waals surface area contributed by atoms with Gasteiger partial charge in [0, 0.05) is 48.6 Å². The van der Waals surface area contributed by atoms with Gasteiger partial charge in [-0.2, -0.15) is 0 Å². The summed E-state index contributed by atoms with van der Waals surface area (Å²) in [5.41, 5.74) is 2.21. The summed E-state index contributed by atoms with van der Waals surface area (Å²) in [4.78, 5) is 9.58. The van der Waals surface area contributed by atoms with Crippen molar-refractivity contribution in [2.75, 3.05) is 18.0 Å². The van der Waals surface area contributed by atoms with E-state index in [0.717, 1.165) is 35.6 Å². The second-order valence-electron chi connectivity index (χ2n) is 6.57. The zero-order valence-corrected chi connectivity index (χ0v) is 14.7. The lowest BCUT2D eigenvalue weighted by molar-refractivity contribution is 0.230. The van der Waals surface area contributed by atoms with E-state index in [-0.39, 0.29) is 0 Å². The van der Waals surface area contributed by atoms with Crippen molar-refractivity contribution in [2.24, 2.45) is 0 Å². The van der Waals surface area contributed by atoms with Gasteiger partial charge in [-0.05, 0) is 24.1 Å². The summed E-state index contributed by atoms with van der Waals surface area (Å²) in [7, 11) is 0. The van der Waals surface area contributed by atoms with Gasteiger partial charge in [0.15, 0.2) is 5.82 Å². The Morgan fingerprint density at radius 2 is 2.17 bits per heavy atom. The predicted octanol–water partition coefficient (Wildman–Crippen LogP) is 2.35. The van der Waals surface area contributed by atoms with Gasteiger partial charge in [-0.1, -0.05) is 28.1 Å². The molecule has 0 N–H and O–H groups in total. The fraction of sp³-hybridized carbons (Fsp3) is 0.353. The first kappa shape index (κ1) is 14.4. The summed E-state index contributed by atoms with van der Waals surface area (Å²) >= 11 is 3.56. The Morgan fingerprint density at radius 3 is 3.00 bits per heavy atom. The first-order valence-electron chi connectivity index (χ1n) is 8.17. The van der Waals surface area contributed by atoms with Crippen LogP contribution in [0.3, 0.4) is 0 Å². The summed E-state index contributed by atoms with van der Waals surface area (Å²) in [6, 6.07) is 9.69. The first-order valence-corrected chi connectivity index (χ1v) is 8.97. The minimum Gasteiger partial charge on any atom is -0.348 e. The molecule has 0 saturated carbocycles. The number of likely N-dealkylation sites (tertiary alicyclic amines) is 1. The molecule has 3 aromatic rings. The monoisotopic (exact) mass is 384 g/mol. The SMILES string of the molecule is Brc1cccc(CN2CC3CC2CN3c2nccn3cnnc23)c1. The molecule has 0 spiro atoms. The highest BCUT2D eigenvalue weighted by molar-refractivity contribution is 9.10. The van der Waals surface area contributed by atoms with E-state index in [0.29, 0.717) is 12.1 Å². The molecule has 5 rings (SSSR count). The third kappa shape index (κ3) is 2.31. The predicted molar refractivity (Wildman–Crippen MR) is 94.9 cm³/mol. The number of benzene rings is 1. The first-order chi connectivity index (χ1) is 11.8. The van der Waals surface area contributed by atoms with Crippen LogP contribution in [0.15, 0.2) is 47.5 Å². The van der Waals surface area contributed by atoms with E-state index in [1.54, 1.807) is 6.33 Å². The van der Waals surface area contributed by atoms with Gasteiger partial charge in [0.2, 0.25) is 5.65 Å². The van der Waals surface area contributed by atoms with Crippen LogP contribution in [0.5, 0.6) is 0 Å². The molecular weight excluding hydrogens is 368 g/mol. The zero-order valence-electron chi connectivity index (χ0n) is 13.1. The van der Waals surface area contributed by atoms with Crippen molar-refractivity contribution < 1.29 is 0 Å². The molecule has 2 aliphatic rings. The second-order valence-corrected chi connectivity index (χ2v) is 7.48. The molecule has 4 heterocycles. The maximum absolute atomic E-state index is 4.58. The zero-order chi connectivity index (χ0) is 16.1. The Bertz CT molecular complexity index is 893. The molecule has 0 radical (unpaired) electrons. The molecule has 0 amide bonds. The molecule has 2 saturated heterocycles. The molecule has 7 heteroatoms. The van der Waals surface area contributed by atoms with Crippen molar-refractivity contribution in [3.05, 3.63) is 53.0 Å². The average molecular weight is 385 g/mol. The highest BCUT2D eigenvalue weighted by Crippen LogP contribution is 2.35. The fourth-order valence-electron chi connectivity index (χ4n) is 4.02. The van der Waals surface area contributed by atoms with Gasteiger partial charge in [0.25, 0.3) is 0 Å². The number of hydrogen-bond acceptors (Lipinski definition) is 5. The largest absolute Gasteiger partial charge is 0.348 e. The highest BCUT2D eigenvalue weighted by atomic mass is 79.9. The number of piperazine rings is 1. The summed E-state index contributed by atoms with van der Waals surface area (Å²) in [5.74, 6) is 0.963. The van der Waals surface area contributed by atoms with Crippen molar-refractivity contribution in [1.29, 1.82) is 0 Å². The van der Waals surface area contributed by atoms with E-state index in [1.807, 2.05) is 16.8 Å². The molecule has 24 heavy (non-hydrogen) atoms. The lowest BCUT2D eigenvalue weighted by Crippen LogP contribution is -2.46. The molecular formula is C17H17BrN6. The molecule has 2 aliphatic heterocycles. The third-order valence-electron chi connectivity index (χ3n) is 5.10. The van der Waals surface area contributed by atoms with E-state index in [2.05, 4.69) is 65.2 Å². The summed E-state index contributed by atoms with van der Waals surface area (Å²) in [6.45, 7) is 3.10. The van der Waals surface area contributed by atoms with Crippen molar-refractivity contribution in [2.45, 2.75) is 25.0 Å². The van der Waals surface area contributed by atoms with E-state index >= 15 is 0 Å². The van der Waals surface area contributed by atoms with Crippen molar-refractivity contribution in [1.82, 2.24) is 24.5 Å². The van der Waals surface area contributed by atoms with Gasteiger partial charge < -0.3 is 4.90 Å². The summed E-state index contributed by atoms with van der Waals surface area (Å²) in [6.07, 6.45) is 6.66. The molecule has 2 atom stereocenters. The topological polar surface area (TPSA) is 49.6 Å². The van der Waals surface area contributed by atoms with E-state index in [1.165, 1.54) is 12.0 Å². The standard InChI is InChI=1S/C17H17BrN6/c18-13-3-1-2-12(6-13)8-23-9-15-7-14(23)10-24(15)16-17-21-20-11-22(17)5-4-19-16/h1-6,11,14-15H,7-10H2. The second kappa shape index (κ2) is 5.53. The normalized spacial score (nSPS) is 23.5. The van der Waals surface area contributed by atoms with Crippen LogP contribution in [0, 0.1) is 0 Å². The maximum Gasteiger partial charge on any atom is 0.203 e. The maximum atomic E-state index is 4.58. The number of nitrogens with zero attached hydrogens (tertiary/aromatic N) is 6. The average Bonchev–Trinajstić information content (AvgIpc) is 3.29. The Kier molecular flexibility index (Phi) is 3.31. The minimum absolute atomic E-state index is 0.512. The van der Waals surface area contributed by atoms with Crippen molar-refractivity contribution >= 4 is 27.4 Å². The number of hydrogen-bond donors (Lipinski definition) is 0. The van der Waals surface area contributed by atoms with Crippen LogP contribution in [-0.4, -0.2) is 49.7 Å². The van der Waals surface area contributed by atoms with E-state index < -0.39 is 0 Å². The Hall–Kier alpha value is -1.99. The number of halogens is 1. The molecule has 1 aromatic carbocycles. The molecule has 6 nitrogen and oxygen atoms in total. The van der Waals surface area contributed by atoms with Crippen molar-refractivity contribution in [3.8, 4) is 0 Å². The number of anilines is 1. The number of fused-ring (bicyclic) bond motifs is 3. The molecule has 2 unspecified atom stereocenters. The fourth-order valence-corrected chi connectivity index (χ4v) is 4.47. The molecule has 0 aliphatic carbocycles. The quantitative estimate of drug-likeness (QED) is 0.693. The van der Waals surface area contributed by atoms with Gasteiger partial charge >= 0.3 is 0 Å². The molecule has 2 aromatic heterocycles. The lowest BCUT2D eigenvalue weighted by Gasteiger charge is -2.34. The van der Waals surface area contributed by atoms with Crippen LogP contribution in [0.25, 0.3) is 5.65 Å². The molecule has 2 fully saturated rings. The Morgan fingerprint density at radius 1 is 1.21 bits per heavy atom. The Balaban J connectivity index is 1.36.